The van der Waals surface area contributed by atoms with Crippen LogP contribution >= 0.6 is 0 Å². The summed E-state index contributed by atoms with van der Waals surface area (Å²) in [6.07, 6.45) is 1.99. The van der Waals surface area contributed by atoms with Crippen molar-refractivity contribution in [1.29, 1.82) is 0 Å². The molecular weight excluding hydrogens is 672 g/mol. The first kappa shape index (κ1) is 33.3. The SMILES string of the molecule is CC(C)=CCC12Oc3cc(O)c4c(c3C(=O)C1(O)Oc1cc(O)ccc12)OC1(C)CCC4(C(=O)c2ccc(O)cc2O)C(c2ccc(O)cc2O)C1. The minimum atomic E-state index is -2.70. The second kappa shape index (κ2) is 10.8. The van der Waals surface area contributed by atoms with Gasteiger partial charge in [0.1, 0.15) is 62.9 Å². The maximum atomic E-state index is 15.2. The summed E-state index contributed by atoms with van der Waals surface area (Å²) >= 11 is 0. The van der Waals surface area contributed by atoms with Gasteiger partial charge in [0, 0.05) is 42.2 Å². The van der Waals surface area contributed by atoms with E-state index in [1.165, 1.54) is 48.5 Å². The highest BCUT2D eigenvalue weighted by Gasteiger charge is 2.71. The standard InChI is InChI=1S/C40H36O12/c1-19(2)10-11-39-25-9-6-22(43)16-30(25)51-40(39,49)36(48)32-31(50-39)17-29(46)33-34(32)52-37(3)12-13-38(33,35(47)24-8-5-21(42)15-28(24)45)26(18-37)23-7-4-20(41)14-27(23)44/h4-10,14-17,26,41-46,49H,11-13,18H2,1-3H3. The van der Waals surface area contributed by atoms with Crippen LogP contribution in [0.25, 0.3) is 0 Å². The van der Waals surface area contributed by atoms with Crippen LogP contribution in [-0.2, 0) is 11.0 Å². The molecule has 12 nitrogen and oxygen atoms in total. The van der Waals surface area contributed by atoms with Gasteiger partial charge in [0.15, 0.2) is 5.78 Å². The molecule has 4 aromatic rings. The molecule has 268 valence electrons. The number of phenolic OH excluding ortho intramolecular Hbond substituents is 6. The van der Waals surface area contributed by atoms with Gasteiger partial charge in [-0.15, -0.1) is 0 Å². The summed E-state index contributed by atoms with van der Waals surface area (Å²) in [7, 11) is 0. The number of ketones is 2. The van der Waals surface area contributed by atoms with Crippen molar-refractivity contribution < 1.29 is 59.5 Å². The quantitative estimate of drug-likeness (QED) is 0.0933. The Balaban J connectivity index is 1.43. The summed E-state index contributed by atoms with van der Waals surface area (Å²) in [6.45, 7) is 5.44. The van der Waals surface area contributed by atoms with Gasteiger partial charge in [-0.05, 0) is 75.9 Å². The first-order valence-corrected chi connectivity index (χ1v) is 16.8. The lowest BCUT2D eigenvalue weighted by atomic mass is 9.55. The van der Waals surface area contributed by atoms with Crippen molar-refractivity contribution in [3.05, 3.63) is 100 Å². The van der Waals surface area contributed by atoms with E-state index in [9.17, 15) is 35.7 Å². The van der Waals surface area contributed by atoms with E-state index in [0.717, 1.165) is 17.7 Å². The van der Waals surface area contributed by atoms with E-state index < -0.39 is 51.4 Å². The van der Waals surface area contributed by atoms with Crippen LogP contribution in [0.15, 0.2) is 72.3 Å². The van der Waals surface area contributed by atoms with Gasteiger partial charge in [-0.25, -0.2) is 0 Å². The van der Waals surface area contributed by atoms with Crippen molar-refractivity contribution in [2.75, 3.05) is 0 Å². The van der Waals surface area contributed by atoms with E-state index in [1.807, 2.05) is 13.8 Å². The van der Waals surface area contributed by atoms with E-state index in [-0.39, 0.29) is 93.7 Å². The van der Waals surface area contributed by atoms with Crippen molar-refractivity contribution in [3.63, 3.8) is 0 Å². The first-order chi connectivity index (χ1) is 24.5. The molecule has 7 N–H and O–H groups in total. The monoisotopic (exact) mass is 708 g/mol. The van der Waals surface area contributed by atoms with Crippen LogP contribution in [0.5, 0.6) is 51.7 Å². The zero-order chi connectivity index (χ0) is 37.1. The van der Waals surface area contributed by atoms with E-state index in [4.69, 9.17) is 14.2 Å². The van der Waals surface area contributed by atoms with Crippen molar-refractivity contribution in [2.45, 2.75) is 74.8 Å². The summed E-state index contributed by atoms with van der Waals surface area (Å²) in [5.41, 5.74) is -4.09. The Bertz CT molecular complexity index is 2270. The Morgan fingerprint density at radius 3 is 2.17 bits per heavy atom. The molecule has 12 heteroatoms. The third-order valence-corrected chi connectivity index (χ3v) is 11.1. The van der Waals surface area contributed by atoms with Crippen LogP contribution in [0.1, 0.15) is 89.8 Å². The second-order valence-electron chi connectivity index (χ2n) is 14.7. The topological polar surface area (TPSA) is 203 Å². The molecule has 4 aliphatic heterocycles. The van der Waals surface area contributed by atoms with E-state index in [1.54, 1.807) is 13.0 Å². The minimum absolute atomic E-state index is 0.00196. The van der Waals surface area contributed by atoms with Crippen LogP contribution in [0, 0.1) is 0 Å². The number of ether oxygens (including phenoxy) is 3. The van der Waals surface area contributed by atoms with E-state index in [0.29, 0.717) is 0 Å². The molecule has 0 saturated heterocycles. The Hall–Kier alpha value is -5.88. The number of Topliss-reactive ketones (excluding diaryl/α,β-unsaturated/α-hetero) is 2. The Kier molecular flexibility index (Phi) is 6.92. The number of phenols is 6. The second-order valence-corrected chi connectivity index (χ2v) is 14.7. The van der Waals surface area contributed by atoms with Gasteiger partial charge >= 0.3 is 5.79 Å². The highest BCUT2D eigenvalue weighted by Crippen LogP contribution is 2.66. The number of fused-ring (bicyclic) bond motifs is 6. The third kappa shape index (κ3) is 4.36. The molecule has 2 bridgehead atoms. The van der Waals surface area contributed by atoms with Crippen molar-refractivity contribution in [3.8, 4) is 51.7 Å². The smallest absolute Gasteiger partial charge is 0.318 e. The molecule has 4 aromatic carbocycles. The van der Waals surface area contributed by atoms with Crippen molar-refractivity contribution in [2.24, 2.45) is 0 Å². The number of hydrogen-bond donors (Lipinski definition) is 7. The molecular formula is C40H36O12. The van der Waals surface area contributed by atoms with Crippen LogP contribution in [0.4, 0.5) is 0 Å². The van der Waals surface area contributed by atoms with Crippen LogP contribution in [0.2, 0.25) is 0 Å². The molecule has 0 aromatic heterocycles. The van der Waals surface area contributed by atoms with Crippen LogP contribution in [-0.4, -0.2) is 58.7 Å². The lowest BCUT2D eigenvalue weighted by Gasteiger charge is -2.46. The number of allylic oxidation sites excluding steroid dienone is 1. The Labute approximate surface area is 297 Å². The molecule has 5 atom stereocenters. The van der Waals surface area contributed by atoms with Crippen molar-refractivity contribution in [1.82, 2.24) is 0 Å². The summed E-state index contributed by atoms with van der Waals surface area (Å²) in [4.78, 5) is 30.2. The predicted octanol–water partition coefficient (Wildman–Crippen LogP) is 6.07. The molecule has 1 aliphatic carbocycles. The molecule has 5 aliphatic rings. The highest BCUT2D eigenvalue weighted by molar-refractivity contribution is 6.12. The highest BCUT2D eigenvalue weighted by atomic mass is 16.7. The molecule has 1 fully saturated rings. The number of benzene rings is 4. The molecule has 0 amide bonds. The largest absolute Gasteiger partial charge is 0.508 e. The van der Waals surface area contributed by atoms with Gasteiger partial charge in [0.25, 0.3) is 0 Å². The molecule has 9 rings (SSSR count). The molecule has 52 heavy (non-hydrogen) atoms. The summed E-state index contributed by atoms with van der Waals surface area (Å²) < 4.78 is 19.3. The summed E-state index contributed by atoms with van der Waals surface area (Å²) in [5.74, 6) is -7.80. The Morgan fingerprint density at radius 1 is 0.808 bits per heavy atom. The lowest BCUT2D eigenvalue weighted by molar-refractivity contribution is -0.201. The Morgan fingerprint density at radius 2 is 1.48 bits per heavy atom. The zero-order valence-corrected chi connectivity index (χ0v) is 28.4. The lowest BCUT2D eigenvalue weighted by Crippen LogP contribution is -2.62. The van der Waals surface area contributed by atoms with Crippen LogP contribution in [0.3, 0.4) is 0 Å². The predicted molar refractivity (Wildman–Crippen MR) is 184 cm³/mol. The molecule has 0 spiro atoms. The van der Waals surface area contributed by atoms with E-state index >= 15 is 9.59 Å². The normalized spacial score (nSPS) is 27.8. The van der Waals surface area contributed by atoms with E-state index in [2.05, 4.69) is 0 Å². The van der Waals surface area contributed by atoms with Crippen molar-refractivity contribution >= 4 is 11.6 Å². The fraction of sp³-hybridized carbons (Fsp3) is 0.300. The number of hydrogen-bond acceptors (Lipinski definition) is 12. The number of carbonyl (C=O) groups is 2. The number of aromatic hydroxyl groups is 6. The van der Waals surface area contributed by atoms with Gasteiger partial charge in [-0.2, -0.15) is 0 Å². The van der Waals surface area contributed by atoms with Gasteiger partial charge in [-0.3, -0.25) is 9.59 Å². The maximum Gasteiger partial charge on any atom is 0.318 e. The average Bonchev–Trinajstić information content (AvgIpc) is 3.15. The average molecular weight is 709 g/mol. The number of carbonyl (C=O) groups excluding carboxylic acids is 2. The third-order valence-electron chi connectivity index (χ3n) is 11.1. The molecule has 5 unspecified atom stereocenters. The number of aliphatic hydroxyl groups is 1. The fourth-order valence-corrected chi connectivity index (χ4v) is 8.67. The number of rotatable bonds is 5. The van der Waals surface area contributed by atoms with Gasteiger partial charge < -0.3 is 50.0 Å². The van der Waals surface area contributed by atoms with Gasteiger partial charge in [-0.1, -0.05) is 17.7 Å². The zero-order valence-electron chi connectivity index (χ0n) is 28.4. The first-order valence-electron chi connectivity index (χ1n) is 16.8. The summed E-state index contributed by atoms with van der Waals surface area (Å²) in [6, 6.07) is 12.8. The van der Waals surface area contributed by atoms with Gasteiger partial charge in [0.2, 0.25) is 11.4 Å². The van der Waals surface area contributed by atoms with Crippen LogP contribution < -0.4 is 14.2 Å². The minimum Gasteiger partial charge on any atom is -0.508 e. The molecule has 1 saturated carbocycles. The molecule has 4 heterocycles. The summed E-state index contributed by atoms with van der Waals surface area (Å²) in [5, 5.41) is 77.3. The fourth-order valence-electron chi connectivity index (χ4n) is 8.67. The maximum absolute atomic E-state index is 15.2. The van der Waals surface area contributed by atoms with Gasteiger partial charge in [0.05, 0.1) is 16.5 Å². The molecule has 0 radical (unpaired) electrons.